The van der Waals surface area contributed by atoms with Gasteiger partial charge in [0.05, 0.1) is 5.38 Å². The van der Waals surface area contributed by atoms with Gasteiger partial charge in [0.1, 0.15) is 0 Å². The van der Waals surface area contributed by atoms with E-state index in [-0.39, 0.29) is 0 Å². The highest BCUT2D eigenvalue weighted by Crippen LogP contribution is 2.30. The normalized spacial score (nSPS) is 45.0. The molecule has 0 amide bonds. The number of alkyl halides is 1. The van der Waals surface area contributed by atoms with Crippen LogP contribution in [0.3, 0.4) is 0 Å². The lowest BCUT2D eigenvalue weighted by Gasteiger charge is -2.39. The lowest BCUT2D eigenvalue weighted by molar-refractivity contribution is 0.190. The number of halogens is 1. The quantitative estimate of drug-likeness (QED) is 0.541. The molecule has 3 atom stereocenters. The van der Waals surface area contributed by atoms with E-state index in [2.05, 4.69) is 10.9 Å². The van der Waals surface area contributed by atoms with E-state index in [1.807, 2.05) is 0 Å². The Morgan fingerprint density at radius 1 is 1.18 bits per heavy atom. The minimum atomic E-state index is 0.349. The SMILES string of the molecule is ClC1CNNC2CCCCC12. The van der Waals surface area contributed by atoms with E-state index < -0.39 is 0 Å². The van der Waals surface area contributed by atoms with Crippen molar-refractivity contribution in [2.24, 2.45) is 5.92 Å². The molecule has 1 saturated carbocycles. The van der Waals surface area contributed by atoms with Crippen molar-refractivity contribution in [3.63, 3.8) is 0 Å². The number of rotatable bonds is 0. The third kappa shape index (κ3) is 1.53. The fourth-order valence-electron chi connectivity index (χ4n) is 2.21. The number of hydrogen-bond donors (Lipinski definition) is 2. The Hall–Kier alpha value is 0.210. The lowest BCUT2D eigenvalue weighted by atomic mass is 9.81. The Bertz CT molecular complexity index is 138. The van der Waals surface area contributed by atoms with Crippen molar-refractivity contribution in [2.45, 2.75) is 37.1 Å². The fraction of sp³-hybridized carbons (Fsp3) is 1.00. The first-order valence-electron chi connectivity index (χ1n) is 4.50. The Kier molecular flexibility index (Phi) is 2.35. The molecule has 2 rings (SSSR count). The topological polar surface area (TPSA) is 24.1 Å². The first kappa shape index (κ1) is 7.84. The number of nitrogens with one attached hydrogen (secondary N) is 2. The van der Waals surface area contributed by atoms with Crippen LogP contribution in [0.1, 0.15) is 25.7 Å². The van der Waals surface area contributed by atoms with Gasteiger partial charge in [0.15, 0.2) is 0 Å². The number of hydrogen-bond acceptors (Lipinski definition) is 2. The Labute approximate surface area is 72.7 Å². The van der Waals surface area contributed by atoms with Gasteiger partial charge in [-0.05, 0) is 18.8 Å². The van der Waals surface area contributed by atoms with Gasteiger partial charge in [-0.3, -0.25) is 10.9 Å². The first-order valence-corrected chi connectivity index (χ1v) is 4.94. The molecule has 2 N–H and O–H groups in total. The van der Waals surface area contributed by atoms with E-state index in [0.717, 1.165) is 6.54 Å². The molecular formula is C8H15ClN2. The molecule has 2 fully saturated rings. The van der Waals surface area contributed by atoms with Crippen LogP contribution in [0.2, 0.25) is 0 Å². The minimum Gasteiger partial charge on any atom is -0.256 e. The first-order chi connectivity index (χ1) is 5.38. The predicted octanol–water partition coefficient (Wildman–Crippen LogP) is 1.26. The van der Waals surface area contributed by atoms with Gasteiger partial charge in [0.25, 0.3) is 0 Å². The molecule has 1 heterocycles. The molecular weight excluding hydrogens is 160 g/mol. The summed E-state index contributed by atoms with van der Waals surface area (Å²) in [5.74, 6) is 0.715. The van der Waals surface area contributed by atoms with Gasteiger partial charge in [-0.1, -0.05) is 12.8 Å². The van der Waals surface area contributed by atoms with Gasteiger partial charge >= 0.3 is 0 Å². The lowest BCUT2D eigenvalue weighted by Crippen LogP contribution is -2.57. The van der Waals surface area contributed by atoms with E-state index >= 15 is 0 Å². The van der Waals surface area contributed by atoms with E-state index in [0.29, 0.717) is 17.3 Å². The number of hydrazine groups is 1. The Morgan fingerprint density at radius 3 is 2.82 bits per heavy atom. The maximum Gasteiger partial charge on any atom is 0.0518 e. The van der Waals surface area contributed by atoms with Crippen molar-refractivity contribution in [1.29, 1.82) is 0 Å². The third-order valence-electron chi connectivity index (χ3n) is 2.87. The summed E-state index contributed by atoms with van der Waals surface area (Å²) in [5.41, 5.74) is 6.47. The zero-order chi connectivity index (χ0) is 7.68. The molecule has 1 saturated heterocycles. The maximum absolute atomic E-state index is 6.19. The van der Waals surface area contributed by atoms with Crippen LogP contribution in [0.5, 0.6) is 0 Å². The Balaban J connectivity index is 1.99. The van der Waals surface area contributed by atoms with Crippen molar-refractivity contribution in [1.82, 2.24) is 10.9 Å². The molecule has 0 aromatic rings. The smallest absolute Gasteiger partial charge is 0.0518 e. The van der Waals surface area contributed by atoms with E-state index in [1.165, 1.54) is 25.7 Å². The second kappa shape index (κ2) is 3.30. The van der Waals surface area contributed by atoms with Crippen LogP contribution in [0.25, 0.3) is 0 Å². The monoisotopic (exact) mass is 174 g/mol. The van der Waals surface area contributed by atoms with Crippen LogP contribution < -0.4 is 10.9 Å². The summed E-state index contributed by atoms with van der Waals surface area (Å²) < 4.78 is 0. The van der Waals surface area contributed by atoms with E-state index in [9.17, 15) is 0 Å². The molecule has 2 nitrogen and oxygen atoms in total. The standard InChI is InChI=1S/C8H15ClN2/c9-7-5-10-11-8-4-2-1-3-6(7)8/h6-8,10-11H,1-5H2. The Morgan fingerprint density at radius 2 is 2.00 bits per heavy atom. The number of fused-ring (bicyclic) bond motifs is 1. The molecule has 3 unspecified atom stereocenters. The van der Waals surface area contributed by atoms with Gasteiger partial charge in [0.2, 0.25) is 0 Å². The largest absolute Gasteiger partial charge is 0.256 e. The molecule has 3 heteroatoms. The summed E-state index contributed by atoms with van der Waals surface area (Å²) in [7, 11) is 0. The van der Waals surface area contributed by atoms with Crippen LogP contribution in [0.4, 0.5) is 0 Å². The highest BCUT2D eigenvalue weighted by atomic mass is 35.5. The zero-order valence-electron chi connectivity index (χ0n) is 6.65. The van der Waals surface area contributed by atoms with Gasteiger partial charge < -0.3 is 0 Å². The summed E-state index contributed by atoms with van der Waals surface area (Å²) in [6.07, 6.45) is 5.33. The summed E-state index contributed by atoms with van der Waals surface area (Å²) in [6.45, 7) is 0.919. The van der Waals surface area contributed by atoms with E-state index in [1.54, 1.807) is 0 Å². The van der Waals surface area contributed by atoms with Gasteiger partial charge in [0, 0.05) is 12.6 Å². The highest BCUT2D eigenvalue weighted by molar-refractivity contribution is 6.21. The van der Waals surface area contributed by atoms with Crippen molar-refractivity contribution in [3.8, 4) is 0 Å². The second-order valence-corrected chi connectivity index (χ2v) is 4.16. The molecule has 1 aliphatic heterocycles. The van der Waals surface area contributed by atoms with Crippen LogP contribution in [-0.2, 0) is 0 Å². The van der Waals surface area contributed by atoms with Gasteiger partial charge in [-0.2, -0.15) is 0 Å². The third-order valence-corrected chi connectivity index (χ3v) is 3.35. The molecule has 0 aromatic heterocycles. The zero-order valence-corrected chi connectivity index (χ0v) is 7.40. The van der Waals surface area contributed by atoms with Crippen molar-refractivity contribution >= 4 is 11.6 Å². The molecule has 64 valence electrons. The molecule has 0 radical (unpaired) electrons. The van der Waals surface area contributed by atoms with E-state index in [4.69, 9.17) is 11.6 Å². The molecule has 0 aromatic carbocycles. The summed E-state index contributed by atoms with van der Waals surface area (Å²) in [4.78, 5) is 0. The summed E-state index contributed by atoms with van der Waals surface area (Å²) in [6, 6.07) is 0.639. The molecule has 2 aliphatic rings. The average Bonchev–Trinajstić information content (AvgIpc) is 2.06. The van der Waals surface area contributed by atoms with Gasteiger partial charge in [-0.25, -0.2) is 0 Å². The summed E-state index contributed by atoms with van der Waals surface area (Å²) >= 11 is 6.19. The molecule has 1 aliphatic carbocycles. The fourth-order valence-corrected chi connectivity index (χ4v) is 2.59. The highest BCUT2D eigenvalue weighted by Gasteiger charge is 2.33. The van der Waals surface area contributed by atoms with Crippen LogP contribution in [-0.4, -0.2) is 18.0 Å². The van der Waals surface area contributed by atoms with Gasteiger partial charge in [-0.15, -0.1) is 11.6 Å². The van der Waals surface area contributed by atoms with Crippen molar-refractivity contribution in [3.05, 3.63) is 0 Å². The second-order valence-electron chi connectivity index (χ2n) is 3.60. The predicted molar refractivity (Wildman–Crippen MR) is 46.5 cm³/mol. The maximum atomic E-state index is 6.19. The molecule has 0 spiro atoms. The minimum absolute atomic E-state index is 0.349. The molecule has 0 bridgehead atoms. The van der Waals surface area contributed by atoms with Crippen molar-refractivity contribution in [2.75, 3.05) is 6.54 Å². The van der Waals surface area contributed by atoms with Crippen LogP contribution in [0, 0.1) is 5.92 Å². The average molecular weight is 175 g/mol. The van der Waals surface area contributed by atoms with Crippen LogP contribution in [0.15, 0.2) is 0 Å². The molecule has 11 heavy (non-hydrogen) atoms. The van der Waals surface area contributed by atoms with Crippen molar-refractivity contribution < 1.29 is 0 Å². The summed E-state index contributed by atoms with van der Waals surface area (Å²) in [5, 5.41) is 0.349. The van der Waals surface area contributed by atoms with Crippen LogP contribution >= 0.6 is 11.6 Å².